The molecule has 6 nitrogen and oxygen atoms in total. The molecule has 1 aromatic rings. The number of amides is 1. The molecule has 26 heavy (non-hydrogen) atoms. The number of thiophene rings is 1. The zero-order valence-electron chi connectivity index (χ0n) is 16.2. The van der Waals surface area contributed by atoms with E-state index in [1.54, 1.807) is 25.4 Å². The van der Waals surface area contributed by atoms with Crippen LogP contribution in [0.3, 0.4) is 0 Å². The lowest BCUT2D eigenvalue weighted by Gasteiger charge is -2.28. The van der Waals surface area contributed by atoms with Gasteiger partial charge in [0.2, 0.25) is 5.91 Å². The summed E-state index contributed by atoms with van der Waals surface area (Å²) in [4.78, 5) is 20.1. The molecular formula is C18H32IN5OS. The maximum Gasteiger partial charge on any atom is 0.227 e. The molecule has 2 heterocycles. The van der Waals surface area contributed by atoms with E-state index in [0.29, 0.717) is 12.6 Å². The number of hydrogen-bond donors (Lipinski definition) is 3. The van der Waals surface area contributed by atoms with E-state index in [2.05, 4.69) is 43.4 Å². The summed E-state index contributed by atoms with van der Waals surface area (Å²) >= 11 is 1.81. The summed E-state index contributed by atoms with van der Waals surface area (Å²) in [6.07, 6.45) is 2.55. The molecule has 8 heteroatoms. The number of rotatable bonds is 7. The van der Waals surface area contributed by atoms with Crippen molar-refractivity contribution >= 4 is 47.2 Å². The third-order valence-electron chi connectivity index (χ3n) is 4.68. The first-order valence-electron chi connectivity index (χ1n) is 8.92. The van der Waals surface area contributed by atoms with Gasteiger partial charge in [-0.25, -0.2) is 0 Å². The fourth-order valence-corrected chi connectivity index (χ4v) is 3.94. The third kappa shape index (κ3) is 6.38. The first kappa shape index (κ1) is 23.2. The van der Waals surface area contributed by atoms with E-state index in [9.17, 15) is 4.79 Å². The molecule has 3 N–H and O–H groups in total. The Kier molecular flexibility index (Phi) is 9.88. The second-order valence-electron chi connectivity index (χ2n) is 7.04. The lowest BCUT2D eigenvalue weighted by Crippen LogP contribution is -2.48. The highest BCUT2D eigenvalue weighted by atomic mass is 127. The molecule has 2 rings (SSSR count). The molecule has 0 bridgehead atoms. The van der Waals surface area contributed by atoms with Crippen LogP contribution in [0, 0.1) is 5.41 Å². The third-order valence-corrected chi connectivity index (χ3v) is 5.65. The van der Waals surface area contributed by atoms with Gasteiger partial charge in [-0.3, -0.25) is 14.7 Å². The Morgan fingerprint density at radius 3 is 2.58 bits per heavy atom. The first-order chi connectivity index (χ1) is 12.0. The number of halogens is 1. The number of carbonyl (C=O) groups is 1. The van der Waals surface area contributed by atoms with Crippen molar-refractivity contribution in [2.24, 2.45) is 10.4 Å². The van der Waals surface area contributed by atoms with Crippen LogP contribution in [-0.2, 0) is 4.79 Å². The van der Waals surface area contributed by atoms with Crippen molar-refractivity contribution in [2.45, 2.75) is 32.7 Å². The van der Waals surface area contributed by atoms with Gasteiger partial charge in [0.05, 0.1) is 11.5 Å². The van der Waals surface area contributed by atoms with Gasteiger partial charge in [0, 0.05) is 32.1 Å². The molecule has 0 aromatic carbocycles. The van der Waals surface area contributed by atoms with Crippen LogP contribution in [0.25, 0.3) is 0 Å². The van der Waals surface area contributed by atoms with Gasteiger partial charge < -0.3 is 16.0 Å². The Bertz CT molecular complexity index is 570. The van der Waals surface area contributed by atoms with E-state index >= 15 is 0 Å². The van der Waals surface area contributed by atoms with Gasteiger partial charge in [-0.05, 0) is 51.2 Å². The normalized spacial score (nSPS) is 16.7. The number of nitrogens with zero attached hydrogens (tertiary/aromatic N) is 2. The maximum absolute atomic E-state index is 11.9. The lowest BCUT2D eigenvalue weighted by molar-refractivity contribution is -0.128. The highest BCUT2D eigenvalue weighted by Gasteiger charge is 2.27. The van der Waals surface area contributed by atoms with Crippen molar-refractivity contribution in [1.29, 1.82) is 0 Å². The second-order valence-corrected chi connectivity index (χ2v) is 8.02. The van der Waals surface area contributed by atoms with Crippen molar-refractivity contribution in [3.05, 3.63) is 22.4 Å². The van der Waals surface area contributed by atoms with Crippen molar-refractivity contribution in [1.82, 2.24) is 20.9 Å². The summed E-state index contributed by atoms with van der Waals surface area (Å²) in [7, 11) is 3.43. The SMILES string of the molecule is CN=C(NCC(c1cccs1)N1CCCC1)NCC(C)(C)C(=O)NC.I. The molecule has 0 aliphatic carbocycles. The average Bonchev–Trinajstić information content (AvgIpc) is 3.31. The number of hydrogen-bond acceptors (Lipinski definition) is 4. The number of likely N-dealkylation sites (tertiary alicyclic amines) is 1. The van der Waals surface area contributed by atoms with Crippen LogP contribution in [0.15, 0.2) is 22.5 Å². The Hall–Kier alpha value is -0.870. The van der Waals surface area contributed by atoms with Gasteiger partial charge >= 0.3 is 0 Å². The topological polar surface area (TPSA) is 68.8 Å². The van der Waals surface area contributed by atoms with Crippen LogP contribution in [0.2, 0.25) is 0 Å². The molecule has 1 atom stereocenters. The summed E-state index contributed by atoms with van der Waals surface area (Å²) < 4.78 is 0. The minimum atomic E-state index is -0.492. The standard InChI is InChI=1S/C18H31N5OS.HI/c1-18(2,16(24)19-3)13-22-17(20-4)21-12-14(15-8-7-11-25-15)23-9-5-6-10-23;/h7-8,11,14H,5-6,9-10,12-13H2,1-4H3,(H,19,24)(H2,20,21,22);1H. The fourth-order valence-electron chi connectivity index (χ4n) is 3.08. The van der Waals surface area contributed by atoms with Crippen molar-refractivity contribution in [3.63, 3.8) is 0 Å². The Morgan fingerprint density at radius 1 is 1.35 bits per heavy atom. The van der Waals surface area contributed by atoms with Gasteiger partial charge in [0.15, 0.2) is 5.96 Å². The zero-order valence-corrected chi connectivity index (χ0v) is 19.3. The number of nitrogens with one attached hydrogen (secondary N) is 3. The van der Waals surface area contributed by atoms with E-state index in [4.69, 9.17) is 0 Å². The van der Waals surface area contributed by atoms with Gasteiger partial charge in [0.25, 0.3) is 0 Å². The Labute approximate surface area is 178 Å². The molecule has 1 aliphatic rings. The molecule has 1 amide bonds. The van der Waals surface area contributed by atoms with Gasteiger partial charge in [0.1, 0.15) is 0 Å². The van der Waals surface area contributed by atoms with Gasteiger partial charge in [-0.2, -0.15) is 0 Å². The molecule has 0 spiro atoms. The van der Waals surface area contributed by atoms with Crippen LogP contribution < -0.4 is 16.0 Å². The highest BCUT2D eigenvalue weighted by molar-refractivity contribution is 14.0. The van der Waals surface area contributed by atoms with E-state index in [0.717, 1.165) is 25.6 Å². The molecular weight excluding hydrogens is 461 g/mol. The summed E-state index contributed by atoms with van der Waals surface area (Å²) in [6, 6.07) is 4.69. The highest BCUT2D eigenvalue weighted by Crippen LogP contribution is 2.27. The summed E-state index contributed by atoms with van der Waals surface area (Å²) in [5.74, 6) is 0.752. The molecule has 1 aromatic heterocycles. The molecule has 0 radical (unpaired) electrons. The van der Waals surface area contributed by atoms with Crippen molar-refractivity contribution in [2.75, 3.05) is 40.3 Å². The first-order valence-corrected chi connectivity index (χ1v) is 9.80. The summed E-state index contributed by atoms with van der Waals surface area (Å²) in [6.45, 7) is 7.48. The predicted molar refractivity (Wildman–Crippen MR) is 120 cm³/mol. The predicted octanol–water partition coefficient (Wildman–Crippen LogP) is 2.44. The minimum Gasteiger partial charge on any atom is -0.359 e. The molecule has 1 saturated heterocycles. The van der Waals surface area contributed by atoms with Crippen molar-refractivity contribution in [3.8, 4) is 0 Å². The van der Waals surface area contributed by atoms with E-state index < -0.39 is 5.41 Å². The van der Waals surface area contributed by atoms with Gasteiger partial charge in [-0.1, -0.05) is 6.07 Å². The summed E-state index contributed by atoms with van der Waals surface area (Å²) in [5, 5.41) is 11.6. The Balaban J connectivity index is 0.00000338. The molecule has 1 unspecified atom stereocenters. The number of carbonyl (C=O) groups excluding carboxylic acids is 1. The van der Waals surface area contributed by atoms with Crippen LogP contribution in [0.1, 0.15) is 37.6 Å². The van der Waals surface area contributed by atoms with Crippen molar-refractivity contribution < 1.29 is 4.79 Å². The molecule has 148 valence electrons. The molecule has 0 saturated carbocycles. The van der Waals surface area contributed by atoms with Crippen LogP contribution >= 0.6 is 35.3 Å². The Morgan fingerprint density at radius 2 is 2.04 bits per heavy atom. The van der Waals surface area contributed by atoms with Crippen LogP contribution in [0.4, 0.5) is 0 Å². The smallest absolute Gasteiger partial charge is 0.227 e. The van der Waals surface area contributed by atoms with E-state index in [1.807, 2.05) is 13.8 Å². The van der Waals surface area contributed by atoms with Crippen LogP contribution in [0.5, 0.6) is 0 Å². The monoisotopic (exact) mass is 493 g/mol. The number of guanidine groups is 1. The van der Waals surface area contributed by atoms with E-state index in [-0.39, 0.29) is 29.9 Å². The lowest BCUT2D eigenvalue weighted by atomic mass is 9.92. The number of aliphatic imine (C=N–C) groups is 1. The second kappa shape index (κ2) is 11.1. The molecule has 1 fully saturated rings. The van der Waals surface area contributed by atoms with Crippen LogP contribution in [-0.4, -0.2) is 57.0 Å². The molecule has 1 aliphatic heterocycles. The minimum absolute atomic E-state index is 0. The fraction of sp³-hybridized carbons (Fsp3) is 0.667. The van der Waals surface area contributed by atoms with Gasteiger partial charge in [-0.15, -0.1) is 35.3 Å². The summed E-state index contributed by atoms with van der Waals surface area (Å²) in [5.41, 5.74) is -0.492. The maximum atomic E-state index is 11.9. The quantitative estimate of drug-likeness (QED) is 0.310. The average molecular weight is 493 g/mol. The van der Waals surface area contributed by atoms with E-state index in [1.165, 1.54) is 17.7 Å². The zero-order chi connectivity index (χ0) is 18.3. The largest absolute Gasteiger partial charge is 0.359 e.